The van der Waals surface area contributed by atoms with Crippen molar-refractivity contribution >= 4 is 17.4 Å². The number of para-hydroxylation sites is 1. The summed E-state index contributed by atoms with van der Waals surface area (Å²) in [7, 11) is 0. The Morgan fingerprint density at radius 1 is 1.09 bits per heavy atom. The fraction of sp³-hybridized carbons (Fsp3) is 0.429. The van der Waals surface area contributed by atoms with E-state index in [9.17, 15) is 19.8 Å². The number of carbonyl (C=O) groups is 2. The summed E-state index contributed by atoms with van der Waals surface area (Å²) >= 11 is 0. The van der Waals surface area contributed by atoms with Crippen molar-refractivity contribution in [3.8, 4) is 17.3 Å². The van der Waals surface area contributed by atoms with E-state index in [0.717, 1.165) is 22.4 Å². The number of benzene rings is 2. The van der Waals surface area contributed by atoms with Crippen molar-refractivity contribution in [1.29, 1.82) is 0 Å². The highest BCUT2D eigenvalue weighted by Gasteiger charge is 2.61. The van der Waals surface area contributed by atoms with Crippen molar-refractivity contribution in [2.24, 2.45) is 17.8 Å². The fourth-order valence-corrected chi connectivity index (χ4v) is 7.01. The lowest BCUT2D eigenvalue weighted by Gasteiger charge is -2.28. The number of nitrogens with one attached hydrogen (secondary N) is 2. The highest BCUT2D eigenvalue weighted by molar-refractivity contribution is 5.89. The molecule has 0 saturated carbocycles. The summed E-state index contributed by atoms with van der Waals surface area (Å²) in [5.41, 5.74) is 3.10. The molecule has 46 heavy (non-hydrogen) atoms. The number of aromatic nitrogens is 2. The van der Waals surface area contributed by atoms with Crippen LogP contribution in [0, 0.1) is 17.8 Å². The van der Waals surface area contributed by atoms with Crippen LogP contribution in [0.3, 0.4) is 0 Å². The van der Waals surface area contributed by atoms with Gasteiger partial charge < -0.3 is 34.4 Å². The quantitative estimate of drug-likeness (QED) is 0.217. The van der Waals surface area contributed by atoms with Crippen molar-refractivity contribution in [1.82, 2.24) is 15.3 Å². The second-order valence-electron chi connectivity index (χ2n) is 13.3. The lowest BCUT2D eigenvalue weighted by atomic mass is 9.72. The highest BCUT2D eigenvalue weighted by atomic mass is 16.5. The molecule has 4 aromatic rings. The first-order chi connectivity index (χ1) is 22.1. The first kappa shape index (κ1) is 30.2. The molecule has 2 aromatic heterocycles. The fourth-order valence-electron chi connectivity index (χ4n) is 7.01. The van der Waals surface area contributed by atoms with Gasteiger partial charge in [-0.2, -0.15) is 0 Å². The monoisotopic (exact) mass is 626 g/mol. The minimum absolute atomic E-state index is 0.112. The average Bonchev–Trinajstić information content (AvgIpc) is 3.79. The van der Waals surface area contributed by atoms with Crippen LogP contribution in [0.15, 0.2) is 57.6 Å². The van der Waals surface area contributed by atoms with Gasteiger partial charge in [0.1, 0.15) is 35.3 Å². The topological polar surface area (TPSA) is 160 Å². The van der Waals surface area contributed by atoms with E-state index in [1.165, 1.54) is 6.26 Å². The number of Topliss-reactive ketones (excluding diaryl/α,β-unsaturated/α-hetero) is 1. The summed E-state index contributed by atoms with van der Waals surface area (Å²) in [5, 5.41) is 27.1. The van der Waals surface area contributed by atoms with Crippen molar-refractivity contribution in [3.63, 3.8) is 0 Å². The third-order valence-electron chi connectivity index (χ3n) is 9.26. The maximum absolute atomic E-state index is 14.0. The molecule has 240 valence electrons. The van der Waals surface area contributed by atoms with E-state index in [-0.39, 0.29) is 54.8 Å². The number of rotatable bonds is 8. The summed E-state index contributed by atoms with van der Waals surface area (Å²) in [6.45, 7) is 7.48. The summed E-state index contributed by atoms with van der Waals surface area (Å²) in [4.78, 5) is 36.7. The average molecular weight is 627 g/mol. The molecule has 3 aliphatic heterocycles. The van der Waals surface area contributed by atoms with Crippen LogP contribution in [-0.2, 0) is 28.0 Å². The van der Waals surface area contributed by atoms with Crippen LogP contribution < -0.4 is 15.4 Å². The molecule has 2 unspecified atom stereocenters. The van der Waals surface area contributed by atoms with Crippen molar-refractivity contribution < 1.29 is 33.4 Å². The molecule has 3 aliphatic rings. The Labute approximate surface area is 266 Å². The number of fused-ring (bicyclic) bond motifs is 4. The minimum Gasteiger partial charge on any atom is -0.469 e. The molecule has 0 saturated heterocycles. The van der Waals surface area contributed by atoms with E-state index >= 15 is 0 Å². The van der Waals surface area contributed by atoms with E-state index in [2.05, 4.69) is 15.6 Å². The number of amides is 1. The van der Waals surface area contributed by atoms with Gasteiger partial charge >= 0.3 is 0 Å². The molecule has 7 rings (SSSR count). The molecule has 0 aliphatic carbocycles. The second-order valence-corrected chi connectivity index (χ2v) is 13.3. The molecule has 4 bridgehead atoms. The Morgan fingerprint density at radius 3 is 2.63 bits per heavy atom. The molecular weight excluding hydrogens is 588 g/mol. The molecule has 2 aromatic carbocycles. The zero-order valence-corrected chi connectivity index (χ0v) is 26.2. The standard InChI is InChI=1S/C35H38N4O7/c1-17(2)11-25(41)26(42)14-20-12-19-9-10-27-23(13-19)35(22-7-5-6-8-24(22)37-34(35)45-27)30-29(32-36-21(15-40)16-44-32)39-33(46-30)28(18(3)4)38-31(20)43/h5-10,13,16-18,20,25,28,34,37,40-41H,11-12,14-15H2,1-4H3,(H,38,43)/t20?,25-,28-,34-,35?/m0/s1. The van der Waals surface area contributed by atoms with Gasteiger partial charge in [-0.1, -0.05) is 58.0 Å². The number of ether oxygens (including phenoxy) is 1. The molecule has 5 heterocycles. The van der Waals surface area contributed by atoms with Crippen molar-refractivity contribution in [3.05, 3.63) is 82.8 Å². The van der Waals surface area contributed by atoms with Gasteiger partial charge in [-0.3, -0.25) is 9.59 Å². The summed E-state index contributed by atoms with van der Waals surface area (Å²) in [6, 6.07) is 13.1. The van der Waals surface area contributed by atoms with E-state index in [0.29, 0.717) is 29.3 Å². The second kappa shape index (κ2) is 11.4. The molecule has 0 radical (unpaired) electrons. The lowest BCUT2D eigenvalue weighted by molar-refractivity contribution is -0.134. The maximum Gasteiger partial charge on any atom is 0.249 e. The van der Waals surface area contributed by atoms with Crippen LogP contribution in [0.25, 0.3) is 11.6 Å². The third-order valence-corrected chi connectivity index (χ3v) is 9.26. The maximum atomic E-state index is 14.0. The van der Waals surface area contributed by atoms with Gasteiger partial charge in [0.15, 0.2) is 23.5 Å². The normalized spacial score (nSPS) is 23.6. The summed E-state index contributed by atoms with van der Waals surface area (Å²) in [5.74, 6) is 0.0472. The first-order valence-corrected chi connectivity index (χ1v) is 15.8. The van der Waals surface area contributed by atoms with E-state index < -0.39 is 29.7 Å². The van der Waals surface area contributed by atoms with Crippen LogP contribution in [0.5, 0.6) is 5.75 Å². The van der Waals surface area contributed by atoms with Gasteiger partial charge in [-0.15, -0.1) is 0 Å². The number of aliphatic hydroxyl groups excluding tert-OH is 2. The zero-order chi connectivity index (χ0) is 32.3. The molecule has 1 amide bonds. The number of anilines is 1. The molecule has 11 heteroatoms. The predicted octanol–water partition coefficient (Wildman–Crippen LogP) is 4.65. The molecular formula is C35H38N4O7. The van der Waals surface area contributed by atoms with Gasteiger partial charge in [0.25, 0.3) is 0 Å². The number of aliphatic hydroxyl groups is 2. The summed E-state index contributed by atoms with van der Waals surface area (Å²) in [6.07, 6.45) is 0.133. The Bertz CT molecular complexity index is 1810. The minimum atomic E-state index is -1.14. The van der Waals surface area contributed by atoms with Crippen LogP contribution in [0.2, 0.25) is 0 Å². The third kappa shape index (κ3) is 4.80. The van der Waals surface area contributed by atoms with Gasteiger partial charge in [0.05, 0.1) is 6.61 Å². The lowest BCUT2D eigenvalue weighted by Crippen LogP contribution is -2.40. The number of hydrogen-bond donors (Lipinski definition) is 4. The molecule has 5 atom stereocenters. The number of ketones is 1. The van der Waals surface area contributed by atoms with Gasteiger partial charge in [0, 0.05) is 23.6 Å². The van der Waals surface area contributed by atoms with E-state index in [4.69, 9.17) is 18.6 Å². The largest absolute Gasteiger partial charge is 0.469 e. The SMILES string of the molecule is CC(C)C[C@H](O)C(=O)CC1Cc2ccc3c(c2)C2(c4ccccc4N[C@H]2O3)c2oc(nc2-c2nc(CO)co2)[C@H](C(C)C)NC1=O. The van der Waals surface area contributed by atoms with Crippen molar-refractivity contribution in [2.45, 2.75) is 77.4 Å². The Morgan fingerprint density at radius 2 is 1.89 bits per heavy atom. The van der Waals surface area contributed by atoms with E-state index in [1.807, 2.05) is 70.2 Å². The molecule has 0 fully saturated rings. The number of oxazole rings is 2. The molecule has 1 spiro atoms. The van der Waals surface area contributed by atoms with Crippen molar-refractivity contribution in [2.75, 3.05) is 5.32 Å². The number of nitrogens with zero attached hydrogens (tertiary/aromatic N) is 2. The van der Waals surface area contributed by atoms with Gasteiger partial charge in [0.2, 0.25) is 17.7 Å². The number of hydrogen-bond acceptors (Lipinski definition) is 10. The van der Waals surface area contributed by atoms with Crippen LogP contribution >= 0.6 is 0 Å². The Kier molecular flexibility index (Phi) is 7.48. The molecule has 11 nitrogen and oxygen atoms in total. The van der Waals surface area contributed by atoms with Gasteiger partial charge in [-0.05, 0) is 47.9 Å². The van der Waals surface area contributed by atoms with E-state index in [1.54, 1.807) is 0 Å². The Hall–Kier alpha value is -4.48. The van der Waals surface area contributed by atoms with Crippen LogP contribution in [-0.4, -0.2) is 44.2 Å². The van der Waals surface area contributed by atoms with Crippen LogP contribution in [0.4, 0.5) is 5.69 Å². The highest BCUT2D eigenvalue weighted by Crippen LogP contribution is 2.59. The molecule has 4 N–H and O–H groups in total. The smallest absolute Gasteiger partial charge is 0.249 e. The zero-order valence-electron chi connectivity index (χ0n) is 26.2. The Balaban J connectivity index is 1.45. The first-order valence-electron chi connectivity index (χ1n) is 15.8. The predicted molar refractivity (Wildman–Crippen MR) is 167 cm³/mol. The van der Waals surface area contributed by atoms with Crippen LogP contribution in [0.1, 0.15) is 80.6 Å². The van der Waals surface area contributed by atoms with Gasteiger partial charge in [-0.25, -0.2) is 9.97 Å². The number of carbonyl (C=O) groups excluding carboxylic acids is 2. The summed E-state index contributed by atoms with van der Waals surface area (Å²) < 4.78 is 19.2.